The second-order valence-corrected chi connectivity index (χ2v) is 7.22. The van der Waals surface area contributed by atoms with Crippen molar-refractivity contribution >= 4 is 0 Å². The molecule has 0 N–H and O–H groups in total. The van der Waals surface area contributed by atoms with Gasteiger partial charge >= 0.3 is 12.4 Å². The Morgan fingerprint density at radius 1 is 0.968 bits per heavy atom. The molecule has 0 unspecified atom stereocenters. The van der Waals surface area contributed by atoms with Crippen LogP contribution in [-0.2, 0) is 12.7 Å². The van der Waals surface area contributed by atoms with Crippen molar-refractivity contribution in [3.05, 3.63) is 53.6 Å². The first kappa shape index (κ1) is 22.6. The highest BCUT2D eigenvalue weighted by Crippen LogP contribution is 2.37. The zero-order valence-corrected chi connectivity index (χ0v) is 16.8. The Morgan fingerprint density at radius 2 is 1.61 bits per heavy atom. The van der Waals surface area contributed by atoms with Crippen LogP contribution >= 0.6 is 0 Å². The van der Waals surface area contributed by atoms with E-state index in [0.717, 1.165) is 30.9 Å². The molecule has 1 heterocycles. The van der Waals surface area contributed by atoms with Gasteiger partial charge < -0.3 is 4.74 Å². The summed E-state index contributed by atoms with van der Waals surface area (Å²) in [5.41, 5.74) is 0.498. The number of aromatic nitrogens is 3. The van der Waals surface area contributed by atoms with E-state index in [1.165, 1.54) is 0 Å². The van der Waals surface area contributed by atoms with Crippen molar-refractivity contribution in [1.29, 1.82) is 0 Å². The van der Waals surface area contributed by atoms with Crippen LogP contribution in [0.2, 0.25) is 0 Å². The highest BCUT2D eigenvalue weighted by atomic mass is 19.4. The molecule has 10 heteroatoms. The molecule has 31 heavy (non-hydrogen) atoms. The molecule has 166 valence electrons. The van der Waals surface area contributed by atoms with Gasteiger partial charge in [0, 0.05) is 5.56 Å². The van der Waals surface area contributed by atoms with Crippen molar-refractivity contribution < 1.29 is 31.1 Å². The summed E-state index contributed by atoms with van der Waals surface area (Å²) in [6, 6.07) is 9.54. The highest BCUT2D eigenvalue weighted by molar-refractivity contribution is 5.68. The standard InChI is InChI=1S/C21H19F6N3O/c1-12(2)13-4-6-14(7-5-13)18-28-19(30(29-18)11-20(22,23)24)16-9-8-15(21(25,26)27)10-17(16)31-3/h4-10,12H,11H2,1-3H3. The SMILES string of the molecule is COc1cc(C(F)(F)F)ccc1-c1nc(-c2ccc(C(C)C)cc2)nn1CC(F)(F)F. The summed E-state index contributed by atoms with van der Waals surface area (Å²) in [6.07, 6.45) is -9.24. The highest BCUT2D eigenvalue weighted by Gasteiger charge is 2.34. The molecule has 3 rings (SSSR count). The van der Waals surface area contributed by atoms with Crippen molar-refractivity contribution in [2.45, 2.75) is 38.7 Å². The Morgan fingerprint density at radius 3 is 2.13 bits per heavy atom. The fourth-order valence-electron chi connectivity index (χ4n) is 3.01. The number of benzene rings is 2. The molecule has 0 atom stereocenters. The van der Waals surface area contributed by atoms with Crippen molar-refractivity contribution in [3.63, 3.8) is 0 Å². The van der Waals surface area contributed by atoms with Gasteiger partial charge in [0.1, 0.15) is 12.3 Å². The van der Waals surface area contributed by atoms with E-state index in [9.17, 15) is 26.3 Å². The van der Waals surface area contributed by atoms with E-state index in [1.54, 1.807) is 12.1 Å². The normalized spacial score (nSPS) is 12.5. The topological polar surface area (TPSA) is 39.9 Å². The first-order chi connectivity index (χ1) is 14.4. The van der Waals surface area contributed by atoms with Crippen LogP contribution in [0.15, 0.2) is 42.5 Å². The molecule has 0 aliphatic heterocycles. The van der Waals surface area contributed by atoms with Crippen LogP contribution in [0.25, 0.3) is 22.8 Å². The zero-order valence-electron chi connectivity index (χ0n) is 16.8. The molecule has 0 saturated heterocycles. The largest absolute Gasteiger partial charge is 0.496 e. The lowest BCUT2D eigenvalue weighted by Crippen LogP contribution is -2.19. The van der Waals surface area contributed by atoms with Crippen LogP contribution in [0.3, 0.4) is 0 Å². The lowest BCUT2D eigenvalue weighted by Gasteiger charge is -2.13. The van der Waals surface area contributed by atoms with Crippen LogP contribution in [0.1, 0.15) is 30.9 Å². The molecular weight excluding hydrogens is 424 g/mol. The van der Waals surface area contributed by atoms with Gasteiger partial charge in [0.15, 0.2) is 11.6 Å². The van der Waals surface area contributed by atoms with Gasteiger partial charge in [-0.3, -0.25) is 0 Å². The molecule has 0 saturated carbocycles. The average Bonchev–Trinajstić information content (AvgIpc) is 3.08. The van der Waals surface area contributed by atoms with Crippen molar-refractivity contribution in [1.82, 2.24) is 14.8 Å². The Bertz CT molecular complexity index is 1050. The minimum absolute atomic E-state index is 0.0245. The first-order valence-corrected chi connectivity index (χ1v) is 9.26. The summed E-state index contributed by atoms with van der Waals surface area (Å²) in [6.45, 7) is 2.55. The number of alkyl halides is 6. The maximum atomic E-state index is 13.1. The van der Waals surface area contributed by atoms with Gasteiger partial charge in [0.2, 0.25) is 0 Å². The van der Waals surface area contributed by atoms with Gasteiger partial charge in [-0.1, -0.05) is 38.1 Å². The third kappa shape index (κ3) is 5.18. The molecule has 0 aliphatic rings. The van der Waals surface area contributed by atoms with Crippen molar-refractivity contribution in [2.75, 3.05) is 7.11 Å². The zero-order chi connectivity index (χ0) is 23.0. The number of rotatable bonds is 5. The maximum absolute atomic E-state index is 13.1. The third-order valence-corrected chi connectivity index (χ3v) is 4.61. The van der Waals surface area contributed by atoms with Crippen LogP contribution < -0.4 is 4.74 Å². The molecule has 0 aliphatic carbocycles. The molecule has 0 spiro atoms. The van der Waals surface area contributed by atoms with Crippen LogP contribution in [0.5, 0.6) is 5.75 Å². The van der Waals surface area contributed by atoms with E-state index < -0.39 is 24.5 Å². The van der Waals surface area contributed by atoms with Crippen molar-refractivity contribution in [3.8, 4) is 28.5 Å². The number of hydrogen-bond acceptors (Lipinski definition) is 3. The second kappa shape index (κ2) is 8.24. The molecule has 0 fully saturated rings. The predicted molar refractivity (Wildman–Crippen MR) is 103 cm³/mol. The molecule has 4 nitrogen and oxygen atoms in total. The van der Waals surface area contributed by atoms with Crippen LogP contribution in [0.4, 0.5) is 26.3 Å². The van der Waals surface area contributed by atoms with Crippen LogP contribution in [-0.4, -0.2) is 28.1 Å². The number of hydrogen-bond donors (Lipinski definition) is 0. The van der Waals surface area contributed by atoms with Gasteiger partial charge in [-0.15, -0.1) is 0 Å². The molecule has 1 aromatic heterocycles. The van der Waals surface area contributed by atoms with Gasteiger partial charge in [-0.05, 0) is 29.7 Å². The molecular formula is C21H19F6N3O. The monoisotopic (exact) mass is 443 g/mol. The molecule has 0 bridgehead atoms. The molecule has 0 amide bonds. The summed E-state index contributed by atoms with van der Waals surface area (Å²) in [5, 5.41) is 3.97. The quantitative estimate of drug-likeness (QED) is 0.433. The van der Waals surface area contributed by atoms with Gasteiger partial charge in [0.25, 0.3) is 0 Å². The lowest BCUT2D eigenvalue weighted by molar-refractivity contribution is -0.142. The number of methoxy groups -OCH3 is 1. The predicted octanol–water partition coefficient (Wildman–Crippen LogP) is 6.33. The number of ether oxygens (including phenoxy) is 1. The van der Waals surface area contributed by atoms with Crippen LogP contribution in [0, 0.1) is 0 Å². The Kier molecular flexibility index (Phi) is 6.02. The summed E-state index contributed by atoms with van der Waals surface area (Å²) in [7, 11) is 1.13. The minimum Gasteiger partial charge on any atom is -0.496 e. The van der Waals surface area contributed by atoms with E-state index in [-0.39, 0.29) is 28.9 Å². The van der Waals surface area contributed by atoms with Gasteiger partial charge in [0.05, 0.1) is 18.2 Å². The molecule has 2 aromatic carbocycles. The first-order valence-electron chi connectivity index (χ1n) is 9.26. The lowest BCUT2D eigenvalue weighted by atomic mass is 10.0. The second-order valence-electron chi connectivity index (χ2n) is 7.22. The minimum atomic E-state index is -4.63. The summed E-state index contributed by atoms with van der Waals surface area (Å²) < 4.78 is 84.1. The Labute approximate surface area is 174 Å². The smallest absolute Gasteiger partial charge is 0.416 e. The Hall–Kier alpha value is -3.04. The summed E-state index contributed by atoms with van der Waals surface area (Å²) >= 11 is 0. The molecule has 3 aromatic rings. The van der Waals surface area contributed by atoms with E-state index in [2.05, 4.69) is 10.1 Å². The van der Waals surface area contributed by atoms with E-state index >= 15 is 0 Å². The van der Waals surface area contributed by atoms with Crippen molar-refractivity contribution in [2.24, 2.45) is 0 Å². The Balaban J connectivity index is 2.13. The number of halogens is 6. The fourth-order valence-corrected chi connectivity index (χ4v) is 3.01. The van der Waals surface area contributed by atoms with E-state index in [1.807, 2.05) is 26.0 Å². The molecule has 0 radical (unpaired) electrons. The average molecular weight is 443 g/mol. The maximum Gasteiger partial charge on any atom is 0.416 e. The third-order valence-electron chi connectivity index (χ3n) is 4.61. The van der Waals surface area contributed by atoms with E-state index in [4.69, 9.17) is 4.74 Å². The fraction of sp³-hybridized carbons (Fsp3) is 0.333. The van der Waals surface area contributed by atoms with Gasteiger partial charge in [-0.2, -0.15) is 31.4 Å². The number of nitrogens with zero attached hydrogens (tertiary/aromatic N) is 3. The summed E-state index contributed by atoms with van der Waals surface area (Å²) in [4.78, 5) is 4.20. The summed E-state index contributed by atoms with van der Waals surface area (Å²) in [5.74, 6) is -0.216. The van der Waals surface area contributed by atoms with E-state index in [0.29, 0.717) is 10.2 Å². The van der Waals surface area contributed by atoms with Gasteiger partial charge in [-0.25, -0.2) is 9.67 Å².